The first-order valence-corrected chi connectivity index (χ1v) is 11.3. The molecule has 6 nitrogen and oxygen atoms in total. The summed E-state index contributed by atoms with van der Waals surface area (Å²) in [6.45, 7) is 0.744. The highest BCUT2D eigenvalue weighted by Gasteiger charge is 2.37. The standard InChI is InChI=1S/C25H22F6N4O2/c1-37-21-7-3-2-6-19(21)20-8-9-22(34-33-20)35-10-4-5-15(14-35)23(36)32-18-12-16(24(26,27)28)11-17(13-18)25(29,30)31/h2-3,6-9,11-13,15H,4-5,10,14H2,1H3,(H,32,36). The maximum atomic E-state index is 13.1. The summed E-state index contributed by atoms with van der Waals surface area (Å²) in [5.41, 5.74) is -2.22. The second-order valence-corrected chi connectivity index (χ2v) is 8.55. The Morgan fingerprint density at radius 1 is 0.973 bits per heavy atom. The molecule has 1 atom stereocenters. The molecule has 0 bridgehead atoms. The van der Waals surface area contributed by atoms with Gasteiger partial charge in [0.25, 0.3) is 0 Å². The molecule has 1 aliphatic rings. The van der Waals surface area contributed by atoms with Crippen molar-refractivity contribution in [2.24, 2.45) is 5.92 Å². The zero-order chi connectivity index (χ0) is 26.8. The summed E-state index contributed by atoms with van der Waals surface area (Å²) < 4.78 is 84.2. The number of methoxy groups -OCH3 is 1. The summed E-state index contributed by atoms with van der Waals surface area (Å²) in [6.07, 6.45) is -9.02. The number of hydrogen-bond acceptors (Lipinski definition) is 5. The summed E-state index contributed by atoms with van der Waals surface area (Å²) in [6, 6.07) is 11.8. The molecule has 37 heavy (non-hydrogen) atoms. The number of carbonyl (C=O) groups excluding carboxylic acids is 1. The number of para-hydroxylation sites is 1. The number of piperidine rings is 1. The van der Waals surface area contributed by atoms with Crippen LogP contribution in [0.3, 0.4) is 0 Å². The number of benzene rings is 2. The minimum atomic E-state index is -5.00. The van der Waals surface area contributed by atoms with Crippen LogP contribution in [0.1, 0.15) is 24.0 Å². The Hall–Kier alpha value is -3.83. The van der Waals surface area contributed by atoms with E-state index in [4.69, 9.17) is 4.74 Å². The molecular formula is C25H22F6N4O2. The highest BCUT2D eigenvalue weighted by molar-refractivity contribution is 5.93. The third-order valence-corrected chi connectivity index (χ3v) is 6.00. The number of hydrogen-bond donors (Lipinski definition) is 1. The molecule has 0 aliphatic carbocycles. The molecule has 4 rings (SSSR count). The third kappa shape index (κ3) is 6.12. The van der Waals surface area contributed by atoms with Gasteiger partial charge in [-0.15, -0.1) is 10.2 Å². The van der Waals surface area contributed by atoms with Crippen molar-refractivity contribution in [3.8, 4) is 17.0 Å². The number of nitrogens with one attached hydrogen (secondary N) is 1. The summed E-state index contributed by atoms with van der Waals surface area (Å²) in [4.78, 5) is 14.6. The van der Waals surface area contributed by atoms with Gasteiger partial charge in [-0.05, 0) is 55.3 Å². The van der Waals surface area contributed by atoms with E-state index in [1.165, 1.54) is 0 Å². The van der Waals surface area contributed by atoms with Crippen LogP contribution < -0.4 is 15.0 Å². The van der Waals surface area contributed by atoms with Crippen molar-refractivity contribution in [3.63, 3.8) is 0 Å². The molecule has 1 N–H and O–H groups in total. The van der Waals surface area contributed by atoms with E-state index < -0.39 is 41.0 Å². The van der Waals surface area contributed by atoms with Gasteiger partial charge in [-0.25, -0.2) is 0 Å². The number of halogens is 6. The van der Waals surface area contributed by atoms with Gasteiger partial charge in [-0.3, -0.25) is 4.79 Å². The fourth-order valence-corrected chi connectivity index (χ4v) is 4.16. The number of anilines is 2. The van der Waals surface area contributed by atoms with Crippen molar-refractivity contribution in [3.05, 3.63) is 65.7 Å². The van der Waals surface area contributed by atoms with Gasteiger partial charge in [0.05, 0.1) is 29.8 Å². The van der Waals surface area contributed by atoms with E-state index in [0.717, 1.165) is 5.56 Å². The van der Waals surface area contributed by atoms with E-state index in [1.54, 1.807) is 30.2 Å². The maximum absolute atomic E-state index is 13.1. The molecule has 1 aliphatic heterocycles. The van der Waals surface area contributed by atoms with E-state index in [0.29, 0.717) is 48.8 Å². The molecular weight excluding hydrogens is 502 g/mol. The highest BCUT2D eigenvalue weighted by atomic mass is 19.4. The van der Waals surface area contributed by atoms with Gasteiger partial charge >= 0.3 is 12.4 Å². The van der Waals surface area contributed by atoms with E-state index in [9.17, 15) is 31.1 Å². The smallest absolute Gasteiger partial charge is 0.416 e. The molecule has 196 valence electrons. The second kappa shape index (κ2) is 10.3. The molecule has 3 aromatic rings. The monoisotopic (exact) mass is 524 g/mol. The summed E-state index contributed by atoms with van der Waals surface area (Å²) in [5.74, 6) is -0.221. The van der Waals surface area contributed by atoms with Gasteiger partial charge in [0, 0.05) is 24.3 Å². The number of carbonyl (C=O) groups is 1. The van der Waals surface area contributed by atoms with Crippen LogP contribution in [-0.4, -0.2) is 36.3 Å². The lowest BCUT2D eigenvalue weighted by molar-refractivity contribution is -0.143. The highest BCUT2D eigenvalue weighted by Crippen LogP contribution is 2.38. The van der Waals surface area contributed by atoms with Crippen molar-refractivity contribution < 1.29 is 35.9 Å². The largest absolute Gasteiger partial charge is 0.496 e. The molecule has 1 fully saturated rings. The van der Waals surface area contributed by atoms with Gasteiger partial charge in [0.2, 0.25) is 5.91 Å². The fourth-order valence-electron chi connectivity index (χ4n) is 4.16. The van der Waals surface area contributed by atoms with Crippen molar-refractivity contribution in [1.29, 1.82) is 0 Å². The zero-order valence-corrected chi connectivity index (χ0v) is 19.5. The van der Waals surface area contributed by atoms with Crippen LogP contribution in [0.15, 0.2) is 54.6 Å². The van der Waals surface area contributed by atoms with Crippen LogP contribution in [0.5, 0.6) is 5.75 Å². The van der Waals surface area contributed by atoms with Gasteiger partial charge in [0.1, 0.15) is 5.75 Å². The zero-order valence-electron chi connectivity index (χ0n) is 19.5. The van der Waals surface area contributed by atoms with Gasteiger partial charge in [-0.2, -0.15) is 26.3 Å². The predicted molar refractivity (Wildman–Crippen MR) is 124 cm³/mol. The minimum Gasteiger partial charge on any atom is -0.496 e. The summed E-state index contributed by atoms with van der Waals surface area (Å²) >= 11 is 0. The molecule has 0 spiro atoms. The number of alkyl halides is 6. The molecule has 0 saturated carbocycles. The summed E-state index contributed by atoms with van der Waals surface area (Å²) in [7, 11) is 1.54. The first-order valence-electron chi connectivity index (χ1n) is 11.3. The molecule has 1 amide bonds. The Morgan fingerprint density at radius 2 is 1.65 bits per heavy atom. The lowest BCUT2D eigenvalue weighted by atomic mass is 9.96. The maximum Gasteiger partial charge on any atom is 0.416 e. The van der Waals surface area contributed by atoms with E-state index in [-0.39, 0.29) is 12.6 Å². The second-order valence-electron chi connectivity index (χ2n) is 8.55. The fraction of sp³-hybridized carbons (Fsp3) is 0.320. The third-order valence-electron chi connectivity index (χ3n) is 6.00. The Labute approximate surface area is 208 Å². The van der Waals surface area contributed by atoms with Crippen LogP contribution in [0, 0.1) is 5.92 Å². The van der Waals surface area contributed by atoms with E-state index in [2.05, 4.69) is 15.5 Å². The van der Waals surface area contributed by atoms with E-state index in [1.807, 2.05) is 18.2 Å². The Morgan fingerprint density at radius 3 is 2.24 bits per heavy atom. The quantitative estimate of drug-likeness (QED) is 0.412. The molecule has 1 unspecified atom stereocenters. The van der Waals surface area contributed by atoms with Crippen molar-refractivity contribution >= 4 is 17.4 Å². The normalized spacial score (nSPS) is 16.4. The average Bonchev–Trinajstić information content (AvgIpc) is 2.87. The lowest BCUT2D eigenvalue weighted by Gasteiger charge is -2.32. The number of ether oxygens (including phenoxy) is 1. The minimum absolute atomic E-state index is 0.0192. The molecule has 0 radical (unpaired) electrons. The van der Waals surface area contributed by atoms with Crippen LogP contribution in [-0.2, 0) is 17.1 Å². The number of rotatable bonds is 5. The molecule has 1 saturated heterocycles. The Kier molecular flexibility index (Phi) is 7.28. The summed E-state index contributed by atoms with van der Waals surface area (Å²) in [5, 5.41) is 10.7. The van der Waals surface area contributed by atoms with Crippen LogP contribution in [0.25, 0.3) is 11.3 Å². The number of aromatic nitrogens is 2. The first kappa shape index (κ1) is 26.2. The van der Waals surface area contributed by atoms with Crippen LogP contribution >= 0.6 is 0 Å². The number of amides is 1. The predicted octanol–water partition coefficient (Wildman–Crippen LogP) is 6.04. The van der Waals surface area contributed by atoms with E-state index >= 15 is 0 Å². The lowest BCUT2D eigenvalue weighted by Crippen LogP contribution is -2.41. The van der Waals surface area contributed by atoms with Gasteiger partial charge in [0.15, 0.2) is 5.82 Å². The number of nitrogens with zero attached hydrogens (tertiary/aromatic N) is 3. The van der Waals surface area contributed by atoms with Crippen LogP contribution in [0.2, 0.25) is 0 Å². The molecule has 1 aromatic heterocycles. The topological polar surface area (TPSA) is 67.3 Å². The Bertz CT molecular complexity index is 1230. The van der Waals surface area contributed by atoms with Crippen molar-refractivity contribution in [2.45, 2.75) is 25.2 Å². The SMILES string of the molecule is COc1ccccc1-c1ccc(N2CCCC(C(=O)Nc3cc(C(F)(F)F)cc(C(F)(F)F)c3)C2)nn1. The van der Waals surface area contributed by atoms with Crippen LogP contribution in [0.4, 0.5) is 37.8 Å². The van der Waals surface area contributed by atoms with Gasteiger partial charge < -0.3 is 15.0 Å². The Balaban J connectivity index is 1.49. The molecule has 12 heteroatoms. The van der Waals surface area contributed by atoms with Crippen molar-refractivity contribution in [1.82, 2.24) is 10.2 Å². The van der Waals surface area contributed by atoms with Gasteiger partial charge in [-0.1, -0.05) is 12.1 Å². The molecule has 2 aromatic carbocycles. The average molecular weight is 524 g/mol. The van der Waals surface area contributed by atoms with Crippen molar-refractivity contribution in [2.75, 3.05) is 30.4 Å². The first-order chi connectivity index (χ1) is 17.5. The molecule has 2 heterocycles.